The summed E-state index contributed by atoms with van der Waals surface area (Å²) in [4.78, 5) is 0. The van der Waals surface area contributed by atoms with Gasteiger partial charge in [0.05, 0.1) is 0 Å². The lowest BCUT2D eigenvalue weighted by Gasteiger charge is -2.12. The van der Waals surface area contributed by atoms with Gasteiger partial charge in [0.2, 0.25) is 0 Å². The second kappa shape index (κ2) is 4.01. The molecule has 0 atom stereocenters. The zero-order valence-electron chi connectivity index (χ0n) is 10.0. The summed E-state index contributed by atoms with van der Waals surface area (Å²) in [7, 11) is 0. The minimum atomic E-state index is 0.854. The van der Waals surface area contributed by atoms with Gasteiger partial charge in [-0.05, 0) is 43.5 Å². The fraction of sp³-hybridized carbons (Fsp3) is 0.200. The summed E-state index contributed by atoms with van der Waals surface area (Å²) in [6.07, 6.45) is 0. The van der Waals surface area contributed by atoms with Crippen LogP contribution in [0, 0.1) is 20.8 Å². The maximum absolute atomic E-state index is 6.06. The highest BCUT2D eigenvalue weighted by Crippen LogP contribution is 2.31. The first kappa shape index (κ1) is 10.7. The second-order valence-corrected chi connectivity index (χ2v) is 4.36. The van der Waals surface area contributed by atoms with Crippen LogP contribution in [0.2, 0.25) is 0 Å². The first-order chi connectivity index (χ1) is 7.59. The van der Waals surface area contributed by atoms with E-state index in [1.165, 1.54) is 27.8 Å². The number of anilines is 1. The topological polar surface area (TPSA) is 26.0 Å². The molecule has 82 valence electrons. The molecular weight excluding hydrogens is 194 g/mol. The van der Waals surface area contributed by atoms with Crippen LogP contribution in [0.15, 0.2) is 36.4 Å². The normalized spacial score (nSPS) is 10.4. The van der Waals surface area contributed by atoms with Gasteiger partial charge in [0.15, 0.2) is 0 Å². The van der Waals surface area contributed by atoms with Crippen molar-refractivity contribution in [2.24, 2.45) is 0 Å². The van der Waals surface area contributed by atoms with Crippen LogP contribution < -0.4 is 5.73 Å². The van der Waals surface area contributed by atoms with Gasteiger partial charge in [-0.25, -0.2) is 0 Å². The molecule has 2 rings (SSSR count). The number of hydrogen-bond acceptors (Lipinski definition) is 1. The monoisotopic (exact) mass is 211 g/mol. The molecule has 0 amide bonds. The molecule has 0 spiro atoms. The van der Waals surface area contributed by atoms with E-state index >= 15 is 0 Å². The molecule has 0 heterocycles. The molecule has 0 aliphatic carbocycles. The Morgan fingerprint density at radius 2 is 1.62 bits per heavy atom. The van der Waals surface area contributed by atoms with E-state index in [2.05, 4.69) is 45.0 Å². The van der Waals surface area contributed by atoms with Crippen LogP contribution in [-0.2, 0) is 0 Å². The standard InChI is InChI=1S/C15H17N/c1-10-7-8-13(12(3)9-10)15-11(2)5-4-6-14(15)16/h4-9H,16H2,1-3H3. The summed E-state index contributed by atoms with van der Waals surface area (Å²) in [5.41, 5.74) is 13.1. The zero-order valence-corrected chi connectivity index (χ0v) is 10.0. The Morgan fingerprint density at radius 1 is 0.875 bits per heavy atom. The predicted octanol–water partition coefficient (Wildman–Crippen LogP) is 3.86. The fourth-order valence-corrected chi connectivity index (χ4v) is 2.15. The van der Waals surface area contributed by atoms with Gasteiger partial charge < -0.3 is 5.73 Å². The molecule has 2 aromatic rings. The second-order valence-electron chi connectivity index (χ2n) is 4.36. The molecule has 16 heavy (non-hydrogen) atoms. The summed E-state index contributed by atoms with van der Waals surface area (Å²) < 4.78 is 0. The van der Waals surface area contributed by atoms with E-state index in [0.29, 0.717) is 0 Å². The highest BCUT2D eigenvalue weighted by Gasteiger charge is 2.08. The van der Waals surface area contributed by atoms with Crippen molar-refractivity contribution in [2.45, 2.75) is 20.8 Å². The smallest absolute Gasteiger partial charge is 0.0396 e. The molecular formula is C15H17N. The number of benzene rings is 2. The van der Waals surface area contributed by atoms with E-state index < -0.39 is 0 Å². The van der Waals surface area contributed by atoms with Gasteiger partial charge in [-0.2, -0.15) is 0 Å². The van der Waals surface area contributed by atoms with Crippen molar-refractivity contribution in [1.29, 1.82) is 0 Å². The van der Waals surface area contributed by atoms with Crippen molar-refractivity contribution in [3.05, 3.63) is 53.1 Å². The number of nitrogen functional groups attached to an aromatic ring is 1. The molecule has 0 bridgehead atoms. The van der Waals surface area contributed by atoms with Gasteiger partial charge in [-0.3, -0.25) is 0 Å². The summed E-state index contributed by atoms with van der Waals surface area (Å²) in [6.45, 7) is 6.34. The molecule has 0 fully saturated rings. The van der Waals surface area contributed by atoms with Crippen LogP contribution >= 0.6 is 0 Å². The summed E-state index contributed by atoms with van der Waals surface area (Å²) in [5.74, 6) is 0. The Morgan fingerprint density at radius 3 is 2.25 bits per heavy atom. The lowest BCUT2D eigenvalue weighted by atomic mass is 9.94. The van der Waals surface area contributed by atoms with Crippen molar-refractivity contribution in [2.75, 3.05) is 5.73 Å². The molecule has 0 unspecified atom stereocenters. The van der Waals surface area contributed by atoms with E-state index in [1.807, 2.05) is 12.1 Å². The van der Waals surface area contributed by atoms with Crippen LogP contribution in [-0.4, -0.2) is 0 Å². The van der Waals surface area contributed by atoms with Crippen molar-refractivity contribution in [3.63, 3.8) is 0 Å². The summed E-state index contributed by atoms with van der Waals surface area (Å²) in [5, 5.41) is 0. The molecule has 0 aliphatic rings. The third-order valence-electron chi connectivity index (χ3n) is 2.96. The van der Waals surface area contributed by atoms with Gasteiger partial charge in [-0.1, -0.05) is 35.9 Å². The minimum Gasteiger partial charge on any atom is -0.398 e. The number of aryl methyl sites for hydroxylation is 3. The highest BCUT2D eigenvalue weighted by molar-refractivity contribution is 5.81. The molecule has 0 radical (unpaired) electrons. The Kier molecular flexibility index (Phi) is 2.69. The average molecular weight is 211 g/mol. The molecule has 0 aliphatic heterocycles. The quantitative estimate of drug-likeness (QED) is 0.712. The van der Waals surface area contributed by atoms with Crippen molar-refractivity contribution in [1.82, 2.24) is 0 Å². The SMILES string of the molecule is Cc1ccc(-c2c(C)cccc2N)c(C)c1. The zero-order chi connectivity index (χ0) is 11.7. The minimum absolute atomic E-state index is 0.854. The lowest BCUT2D eigenvalue weighted by molar-refractivity contribution is 1.36. The Labute approximate surface area is 96.9 Å². The predicted molar refractivity (Wildman–Crippen MR) is 70.5 cm³/mol. The highest BCUT2D eigenvalue weighted by atomic mass is 14.6. The number of hydrogen-bond donors (Lipinski definition) is 1. The molecule has 2 aromatic carbocycles. The fourth-order valence-electron chi connectivity index (χ4n) is 2.15. The molecule has 1 nitrogen and oxygen atoms in total. The van der Waals surface area contributed by atoms with Crippen LogP contribution in [0.4, 0.5) is 5.69 Å². The van der Waals surface area contributed by atoms with Gasteiger partial charge in [0, 0.05) is 11.3 Å². The molecule has 0 saturated carbocycles. The van der Waals surface area contributed by atoms with Gasteiger partial charge in [-0.15, -0.1) is 0 Å². The van der Waals surface area contributed by atoms with Crippen molar-refractivity contribution in [3.8, 4) is 11.1 Å². The number of nitrogens with two attached hydrogens (primary N) is 1. The van der Waals surface area contributed by atoms with Gasteiger partial charge in [0.1, 0.15) is 0 Å². The van der Waals surface area contributed by atoms with Crippen molar-refractivity contribution < 1.29 is 0 Å². The van der Waals surface area contributed by atoms with E-state index in [1.54, 1.807) is 0 Å². The Bertz CT molecular complexity index is 507. The molecule has 0 saturated heterocycles. The number of rotatable bonds is 1. The van der Waals surface area contributed by atoms with Crippen LogP contribution in [0.5, 0.6) is 0 Å². The third-order valence-corrected chi connectivity index (χ3v) is 2.96. The molecule has 2 N–H and O–H groups in total. The van der Waals surface area contributed by atoms with Crippen LogP contribution in [0.3, 0.4) is 0 Å². The maximum Gasteiger partial charge on any atom is 0.0396 e. The van der Waals surface area contributed by atoms with E-state index in [0.717, 1.165) is 5.69 Å². The van der Waals surface area contributed by atoms with E-state index in [-0.39, 0.29) is 0 Å². The lowest BCUT2D eigenvalue weighted by Crippen LogP contribution is -1.94. The Balaban J connectivity index is 2.68. The van der Waals surface area contributed by atoms with Crippen molar-refractivity contribution >= 4 is 5.69 Å². The molecule has 1 heteroatoms. The van der Waals surface area contributed by atoms with Crippen LogP contribution in [0.25, 0.3) is 11.1 Å². The average Bonchev–Trinajstić information content (AvgIpc) is 2.20. The van der Waals surface area contributed by atoms with Gasteiger partial charge >= 0.3 is 0 Å². The van der Waals surface area contributed by atoms with Crippen LogP contribution in [0.1, 0.15) is 16.7 Å². The molecule has 0 aromatic heterocycles. The summed E-state index contributed by atoms with van der Waals surface area (Å²) >= 11 is 0. The maximum atomic E-state index is 6.06. The van der Waals surface area contributed by atoms with Gasteiger partial charge in [0.25, 0.3) is 0 Å². The van der Waals surface area contributed by atoms with E-state index in [4.69, 9.17) is 5.73 Å². The Hall–Kier alpha value is -1.76. The third kappa shape index (κ3) is 1.81. The summed E-state index contributed by atoms with van der Waals surface area (Å²) in [6, 6.07) is 12.5. The first-order valence-corrected chi connectivity index (χ1v) is 5.52. The largest absolute Gasteiger partial charge is 0.398 e. The first-order valence-electron chi connectivity index (χ1n) is 5.52. The van der Waals surface area contributed by atoms with E-state index in [9.17, 15) is 0 Å².